The van der Waals surface area contributed by atoms with E-state index in [1.807, 2.05) is 43.3 Å². The van der Waals surface area contributed by atoms with Gasteiger partial charge in [0, 0.05) is 36.1 Å². The fourth-order valence-electron chi connectivity index (χ4n) is 4.61. The van der Waals surface area contributed by atoms with Crippen LogP contribution in [0.2, 0.25) is 0 Å². The Morgan fingerprint density at radius 3 is 2.74 bits per heavy atom. The maximum absolute atomic E-state index is 12.7. The molecule has 1 amide bonds. The Labute approximate surface area is 209 Å². The zero-order chi connectivity index (χ0) is 24.4. The quantitative estimate of drug-likeness (QED) is 0.380. The van der Waals surface area contributed by atoms with Gasteiger partial charge >= 0.3 is 0 Å². The lowest BCUT2D eigenvalue weighted by Crippen LogP contribution is -2.27. The van der Waals surface area contributed by atoms with Crippen molar-refractivity contribution in [2.24, 2.45) is 0 Å². The first kappa shape index (κ1) is 23.7. The number of hydrogen-bond acceptors (Lipinski definition) is 7. The molecule has 4 aromatic rings. The molecule has 1 aliphatic heterocycles. The molecule has 0 radical (unpaired) electrons. The molecule has 1 aliphatic rings. The first-order valence-electron chi connectivity index (χ1n) is 12.2. The van der Waals surface area contributed by atoms with Gasteiger partial charge in [-0.2, -0.15) is 0 Å². The number of thiazole rings is 1. The fourth-order valence-corrected chi connectivity index (χ4v) is 5.73. The van der Waals surface area contributed by atoms with Crippen LogP contribution < -0.4 is 16.0 Å². The SMILES string of the molecule is CCOCc1cc2ccc(CN(C(C)=O)c3ccc4sc(C5CCNCC5)nc4c3)cc2nc1N. The van der Waals surface area contributed by atoms with Gasteiger partial charge in [0.25, 0.3) is 0 Å². The summed E-state index contributed by atoms with van der Waals surface area (Å²) in [5.41, 5.74) is 10.7. The second-order valence-corrected chi connectivity index (χ2v) is 10.1. The Kier molecular flexibility index (Phi) is 6.95. The molecule has 2 aromatic carbocycles. The lowest BCUT2D eigenvalue weighted by atomic mass is 9.99. The lowest BCUT2D eigenvalue weighted by Gasteiger charge is -2.21. The number of nitrogens with one attached hydrogen (secondary N) is 1. The Bertz CT molecular complexity index is 1360. The summed E-state index contributed by atoms with van der Waals surface area (Å²) in [7, 11) is 0. The molecule has 3 heterocycles. The summed E-state index contributed by atoms with van der Waals surface area (Å²) in [6.07, 6.45) is 2.25. The van der Waals surface area contributed by atoms with Crippen LogP contribution in [0.25, 0.3) is 21.1 Å². The zero-order valence-electron chi connectivity index (χ0n) is 20.2. The number of carbonyl (C=O) groups is 1. The molecule has 3 N–H and O–H groups in total. The highest BCUT2D eigenvalue weighted by molar-refractivity contribution is 7.18. The molecule has 1 fully saturated rings. The highest BCUT2D eigenvalue weighted by Gasteiger charge is 2.20. The standard InChI is InChI=1S/C27H31N5O2S/c1-3-34-16-21-13-20-5-4-18(12-23(20)30-26(21)28)15-32(17(2)33)22-6-7-25-24(14-22)31-27(35-25)19-8-10-29-11-9-19/h4-7,12-14,19,29H,3,8-11,15-16H2,1-2H3,(H2,28,30). The largest absolute Gasteiger partial charge is 0.383 e. The van der Waals surface area contributed by atoms with E-state index in [0.29, 0.717) is 31.5 Å². The number of ether oxygens (including phenoxy) is 1. The molecule has 0 atom stereocenters. The maximum atomic E-state index is 12.7. The van der Waals surface area contributed by atoms with E-state index in [1.54, 1.807) is 23.2 Å². The smallest absolute Gasteiger partial charge is 0.224 e. The van der Waals surface area contributed by atoms with Crippen LogP contribution in [-0.2, 0) is 22.7 Å². The number of rotatable bonds is 7. The van der Waals surface area contributed by atoms with Gasteiger partial charge in [-0.1, -0.05) is 12.1 Å². The van der Waals surface area contributed by atoms with Crippen molar-refractivity contribution in [3.8, 4) is 0 Å². The Balaban J connectivity index is 1.40. The molecule has 5 rings (SSSR count). The van der Waals surface area contributed by atoms with Crippen LogP contribution in [0.4, 0.5) is 11.5 Å². The van der Waals surface area contributed by atoms with Crippen molar-refractivity contribution in [3.05, 3.63) is 58.6 Å². The summed E-state index contributed by atoms with van der Waals surface area (Å²) in [4.78, 5) is 24.0. The van der Waals surface area contributed by atoms with Crippen molar-refractivity contribution >= 4 is 49.9 Å². The molecule has 7 nitrogen and oxygen atoms in total. The number of carbonyl (C=O) groups excluding carboxylic acids is 1. The molecule has 0 saturated carbocycles. The molecule has 0 aliphatic carbocycles. The van der Waals surface area contributed by atoms with E-state index in [1.165, 1.54) is 9.71 Å². The van der Waals surface area contributed by atoms with Crippen LogP contribution in [0.3, 0.4) is 0 Å². The average molecular weight is 490 g/mol. The zero-order valence-corrected chi connectivity index (χ0v) is 21.0. The number of piperidine rings is 1. The van der Waals surface area contributed by atoms with Crippen molar-refractivity contribution in [2.75, 3.05) is 30.3 Å². The number of nitrogens with two attached hydrogens (primary N) is 1. The van der Waals surface area contributed by atoms with Gasteiger partial charge in [-0.3, -0.25) is 4.79 Å². The normalized spacial score (nSPS) is 14.6. The molecule has 35 heavy (non-hydrogen) atoms. The average Bonchev–Trinajstić information content (AvgIpc) is 3.30. The Morgan fingerprint density at radius 2 is 1.97 bits per heavy atom. The van der Waals surface area contributed by atoms with E-state index < -0.39 is 0 Å². The van der Waals surface area contributed by atoms with Gasteiger partial charge in [0.1, 0.15) is 5.82 Å². The third-order valence-electron chi connectivity index (χ3n) is 6.56. The van der Waals surface area contributed by atoms with Crippen molar-refractivity contribution < 1.29 is 9.53 Å². The summed E-state index contributed by atoms with van der Waals surface area (Å²) in [6.45, 7) is 7.17. The second-order valence-electron chi connectivity index (χ2n) is 9.03. The lowest BCUT2D eigenvalue weighted by molar-refractivity contribution is -0.116. The number of nitrogens with zero attached hydrogens (tertiary/aromatic N) is 3. The highest BCUT2D eigenvalue weighted by atomic mass is 32.1. The number of fused-ring (bicyclic) bond motifs is 2. The molecule has 1 saturated heterocycles. The first-order valence-corrected chi connectivity index (χ1v) is 13.0. The van der Waals surface area contributed by atoms with Crippen LogP contribution in [0.15, 0.2) is 42.5 Å². The van der Waals surface area contributed by atoms with Crippen molar-refractivity contribution in [1.82, 2.24) is 15.3 Å². The number of anilines is 2. The maximum Gasteiger partial charge on any atom is 0.224 e. The third kappa shape index (κ3) is 5.15. The van der Waals surface area contributed by atoms with E-state index in [2.05, 4.69) is 16.4 Å². The monoisotopic (exact) mass is 489 g/mol. The van der Waals surface area contributed by atoms with E-state index in [9.17, 15) is 4.79 Å². The summed E-state index contributed by atoms with van der Waals surface area (Å²) in [5.74, 6) is 0.982. The fraction of sp³-hybridized carbons (Fsp3) is 0.370. The van der Waals surface area contributed by atoms with Crippen LogP contribution >= 0.6 is 11.3 Å². The van der Waals surface area contributed by atoms with Gasteiger partial charge in [0.2, 0.25) is 5.91 Å². The van der Waals surface area contributed by atoms with E-state index in [0.717, 1.165) is 59.2 Å². The molecule has 0 bridgehead atoms. The molecular weight excluding hydrogens is 458 g/mol. The van der Waals surface area contributed by atoms with Crippen molar-refractivity contribution in [3.63, 3.8) is 0 Å². The topological polar surface area (TPSA) is 93.4 Å². The molecule has 0 spiro atoms. The van der Waals surface area contributed by atoms with Crippen LogP contribution in [0.5, 0.6) is 0 Å². The molecule has 0 unspecified atom stereocenters. The van der Waals surface area contributed by atoms with E-state index in [4.69, 9.17) is 15.5 Å². The summed E-state index contributed by atoms with van der Waals surface area (Å²) in [5, 5.41) is 5.62. The Morgan fingerprint density at radius 1 is 1.14 bits per heavy atom. The van der Waals surface area contributed by atoms with Crippen molar-refractivity contribution in [2.45, 2.75) is 45.8 Å². The highest BCUT2D eigenvalue weighted by Crippen LogP contribution is 2.34. The Hall–Kier alpha value is -3.07. The van der Waals surface area contributed by atoms with Crippen LogP contribution in [-0.4, -0.2) is 35.6 Å². The van der Waals surface area contributed by atoms with Gasteiger partial charge in [-0.05, 0) is 68.8 Å². The number of benzene rings is 2. The van der Waals surface area contributed by atoms with Crippen LogP contribution in [0.1, 0.15) is 48.7 Å². The third-order valence-corrected chi connectivity index (χ3v) is 7.76. The number of aromatic nitrogens is 2. The minimum Gasteiger partial charge on any atom is -0.383 e. The summed E-state index contributed by atoms with van der Waals surface area (Å²) < 4.78 is 6.66. The second kappa shape index (κ2) is 10.3. The van der Waals surface area contributed by atoms with Gasteiger partial charge in [0.05, 0.1) is 33.9 Å². The molecule has 182 valence electrons. The number of amides is 1. The van der Waals surface area contributed by atoms with E-state index in [-0.39, 0.29) is 5.91 Å². The van der Waals surface area contributed by atoms with Gasteiger partial charge in [0.15, 0.2) is 0 Å². The summed E-state index contributed by atoms with van der Waals surface area (Å²) >= 11 is 1.77. The molecule has 2 aromatic heterocycles. The van der Waals surface area contributed by atoms with Gasteiger partial charge in [-0.25, -0.2) is 9.97 Å². The predicted molar refractivity (Wildman–Crippen MR) is 143 cm³/mol. The first-order chi connectivity index (χ1) is 17.0. The van der Waals surface area contributed by atoms with Gasteiger partial charge in [-0.15, -0.1) is 11.3 Å². The predicted octanol–water partition coefficient (Wildman–Crippen LogP) is 4.98. The van der Waals surface area contributed by atoms with Crippen LogP contribution in [0, 0.1) is 0 Å². The number of nitrogen functional groups attached to an aromatic ring is 1. The van der Waals surface area contributed by atoms with E-state index >= 15 is 0 Å². The number of pyridine rings is 1. The molecule has 8 heteroatoms. The summed E-state index contributed by atoms with van der Waals surface area (Å²) in [6, 6.07) is 14.2. The van der Waals surface area contributed by atoms with Gasteiger partial charge < -0.3 is 20.7 Å². The minimum absolute atomic E-state index is 0.0159. The number of hydrogen-bond donors (Lipinski definition) is 2. The molecular formula is C27H31N5O2S. The van der Waals surface area contributed by atoms with Crippen molar-refractivity contribution in [1.29, 1.82) is 0 Å². The minimum atomic E-state index is -0.0159.